The third-order valence-electron chi connectivity index (χ3n) is 3.80. The van der Waals surface area contributed by atoms with Gasteiger partial charge in [0, 0.05) is 11.1 Å². The number of rotatable bonds is 2. The second-order valence-electron chi connectivity index (χ2n) is 5.25. The van der Waals surface area contributed by atoms with Crippen LogP contribution in [0, 0.1) is 6.92 Å². The number of hydrogen-bond acceptors (Lipinski definition) is 3. The first-order valence-corrected chi connectivity index (χ1v) is 6.80. The van der Waals surface area contributed by atoms with E-state index < -0.39 is 0 Å². The normalized spacial score (nSPS) is 15.8. The van der Waals surface area contributed by atoms with Gasteiger partial charge in [0.2, 0.25) is 0 Å². The standard InChI is InChI=1S/C15H19N3O.ClH/c1-11-3-2-4-13(9-11)15-14(10-18(19)17-15)12-5-7-16-8-6-12;/h2-4,9-10,12,16,19H,5-8H2,1H3;1H. The minimum atomic E-state index is 0. The molecule has 1 aliphatic rings. The third kappa shape index (κ3) is 2.97. The zero-order chi connectivity index (χ0) is 13.2. The molecule has 5 heteroatoms. The Hall–Kier alpha value is -1.52. The van der Waals surface area contributed by atoms with E-state index >= 15 is 0 Å². The number of aromatic nitrogens is 2. The molecule has 0 unspecified atom stereocenters. The van der Waals surface area contributed by atoms with Crippen LogP contribution in [0.1, 0.15) is 29.9 Å². The van der Waals surface area contributed by atoms with Crippen LogP contribution in [0.5, 0.6) is 0 Å². The fraction of sp³-hybridized carbons (Fsp3) is 0.400. The summed E-state index contributed by atoms with van der Waals surface area (Å²) in [7, 11) is 0. The van der Waals surface area contributed by atoms with Crippen molar-refractivity contribution in [1.29, 1.82) is 0 Å². The summed E-state index contributed by atoms with van der Waals surface area (Å²) in [5, 5.41) is 17.3. The molecule has 3 rings (SSSR count). The molecule has 0 amide bonds. The Bertz CT molecular complexity index is 576. The predicted octanol–water partition coefficient (Wildman–Crippen LogP) is 2.98. The van der Waals surface area contributed by atoms with Gasteiger partial charge in [-0.25, -0.2) is 0 Å². The molecule has 2 heterocycles. The number of hydrogen-bond donors (Lipinski definition) is 2. The smallest absolute Gasteiger partial charge is 0.0993 e. The second kappa shape index (κ2) is 6.29. The molecule has 1 aromatic heterocycles. The molecular weight excluding hydrogens is 274 g/mol. The lowest BCUT2D eigenvalue weighted by Gasteiger charge is -2.22. The second-order valence-corrected chi connectivity index (χ2v) is 5.25. The maximum atomic E-state index is 9.69. The van der Waals surface area contributed by atoms with Gasteiger partial charge in [-0.1, -0.05) is 23.8 Å². The Labute approximate surface area is 125 Å². The average molecular weight is 294 g/mol. The van der Waals surface area contributed by atoms with Crippen molar-refractivity contribution >= 4 is 12.4 Å². The quantitative estimate of drug-likeness (QED) is 0.837. The molecule has 108 valence electrons. The van der Waals surface area contributed by atoms with E-state index in [1.165, 1.54) is 5.56 Å². The van der Waals surface area contributed by atoms with Crippen molar-refractivity contribution in [2.75, 3.05) is 13.1 Å². The highest BCUT2D eigenvalue weighted by Gasteiger charge is 2.22. The van der Waals surface area contributed by atoms with Crippen LogP contribution >= 0.6 is 12.4 Å². The molecule has 1 saturated heterocycles. The largest absolute Gasteiger partial charge is 0.412 e. The van der Waals surface area contributed by atoms with Gasteiger partial charge in [-0.3, -0.25) is 0 Å². The van der Waals surface area contributed by atoms with E-state index in [2.05, 4.69) is 35.5 Å². The Balaban J connectivity index is 0.00000147. The Morgan fingerprint density at radius 1 is 1.30 bits per heavy atom. The van der Waals surface area contributed by atoms with E-state index in [4.69, 9.17) is 0 Å². The summed E-state index contributed by atoms with van der Waals surface area (Å²) in [6, 6.07) is 8.28. The number of piperidine rings is 1. The summed E-state index contributed by atoms with van der Waals surface area (Å²) >= 11 is 0. The number of nitrogens with one attached hydrogen (secondary N) is 1. The first-order chi connectivity index (χ1) is 9.24. The van der Waals surface area contributed by atoms with Crippen LogP contribution in [0.25, 0.3) is 11.3 Å². The lowest BCUT2D eigenvalue weighted by molar-refractivity contribution is 0.149. The first-order valence-electron chi connectivity index (χ1n) is 6.80. The molecule has 4 nitrogen and oxygen atoms in total. The van der Waals surface area contributed by atoms with Gasteiger partial charge in [-0.15, -0.1) is 22.4 Å². The van der Waals surface area contributed by atoms with Gasteiger partial charge in [-0.05, 0) is 44.8 Å². The first kappa shape index (κ1) is 14.9. The summed E-state index contributed by atoms with van der Waals surface area (Å²) in [5.74, 6) is 0.484. The lowest BCUT2D eigenvalue weighted by Crippen LogP contribution is -2.26. The van der Waals surface area contributed by atoms with Gasteiger partial charge in [0.25, 0.3) is 0 Å². The monoisotopic (exact) mass is 293 g/mol. The molecule has 0 radical (unpaired) electrons. The van der Waals surface area contributed by atoms with Crippen molar-refractivity contribution in [2.45, 2.75) is 25.7 Å². The van der Waals surface area contributed by atoms with Crippen molar-refractivity contribution in [3.05, 3.63) is 41.6 Å². The number of aryl methyl sites for hydroxylation is 1. The van der Waals surface area contributed by atoms with E-state index in [1.54, 1.807) is 6.20 Å². The molecule has 1 aromatic carbocycles. The van der Waals surface area contributed by atoms with Crippen LogP contribution in [0.3, 0.4) is 0 Å². The Morgan fingerprint density at radius 2 is 2.05 bits per heavy atom. The predicted molar refractivity (Wildman–Crippen MR) is 81.7 cm³/mol. The summed E-state index contributed by atoms with van der Waals surface area (Å²) in [6.45, 7) is 4.15. The van der Waals surface area contributed by atoms with Crippen LogP contribution in [-0.4, -0.2) is 28.2 Å². The zero-order valence-corrected chi connectivity index (χ0v) is 12.4. The third-order valence-corrected chi connectivity index (χ3v) is 3.80. The molecule has 0 spiro atoms. The molecule has 1 fully saturated rings. The van der Waals surface area contributed by atoms with E-state index in [1.807, 2.05) is 6.07 Å². The highest BCUT2D eigenvalue weighted by molar-refractivity contribution is 5.85. The maximum absolute atomic E-state index is 9.69. The van der Waals surface area contributed by atoms with Gasteiger partial charge in [0.05, 0.1) is 11.9 Å². The van der Waals surface area contributed by atoms with E-state index in [0.717, 1.165) is 47.6 Å². The van der Waals surface area contributed by atoms with Crippen LogP contribution in [-0.2, 0) is 0 Å². The highest BCUT2D eigenvalue weighted by Crippen LogP contribution is 2.33. The Kier molecular flexibility index (Phi) is 4.68. The van der Waals surface area contributed by atoms with Gasteiger partial charge >= 0.3 is 0 Å². The van der Waals surface area contributed by atoms with Crippen LogP contribution in [0.15, 0.2) is 30.5 Å². The minimum absolute atomic E-state index is 0. The average Bonchev–Trinajstić information content (AvgIpc) is 2.82. The van der Waals surface area contributed by atoms with Gasteiger partial charge in [-0.2, -0.15) is 0 Å². The molecule has 2 aromatic rings. The van der Waals surface area contributed by atoms with E-state index in [-0.39, 0.29) is 12.4 Å². The molecule has 2 N–H and O–H groups in total. The number of halogens is 1. The summed E-state index contributed by atoms with van der Waals surface area (Å²) in [6.07, 6.45) is 3.96. The fourth-order valence-electron chi connectivity index (χ4n) is 2.82. The number of benzene rings is 1. The van der Waals surface area contributed by atoms with Crippen molar-refractivity contribution in [3.63, 3.8) is 0 Å². The molecule has 0 aliphatic carbocycles. The van der Waals surface area contributed by atoms with Crippen LogP contribution < -0.4 is 5.32 Å². The number of nitrogens with zero attached hydrogens (tertiary/aromatic N) is 2. The van der Waals surface area contributed by atoms with Crippen molar-refractivity contribution < 1.29 is 5.21 Å². The van der Waals surface area contributed by atoms with E-state index in [9.17, 15) is 5.21 Å². The van der Waals surface area contributed by atoms with Crippen molar-refractivity contribution in [3.8, 4) is 11.3 Å². The molecule has 0 bridgehead atoms. The highest BCUT2D eigenvalue weighted by atomic mass is 35.5. The van der Waals surface area contributed by atoms with Gasteiger partial charge in [0.15, 0.2) is 0 Å². The fourth-order valence-corrected chi connectivity index (χ4v) is 2.82. The summed E-state index contributed by atoms with van der Waals surface area (Å²) < 4.78 is 0. The molecule has 0 atom stereocenters. The van der Waals surface area contributed by atoms with Crippen molar-refractivity contribution in [2.24, 2.45) is 0 Å². The molecule has 0 saturated carbocycles. The van der Waals surface area contributed by atoms with Gasteiger partial charge in [0.1, 0.15) is 0 Å². The zero-order valence-electron chi connectivity index (χ0n) is 11.5. The minimum Gasteiger partial charge on any atom is -0.412 e. The van der Waals surface area contributed by atoms with Gasteiger partial charge < -0.3 is 10.5 Å². The molecule has 20 heavy (non-hydrogen) atoms. The van der Waals surface area contributed by atoms with Crippen LogP contribution in [0.2, 0.25) is 0 Å². The maximum Gasteiger partial charge on any atom is 0.0993 e. The molecular formula is C15H20ClN3O. The van der Waals surface area contributed by atoms with Crippen molar-refractivity contribution in [1.82, 2.24) is 15.3 Å². The van der Waals surface area contributed by atoms with Crippen LogP contribution in [0.4, 0.5) is 0 Å². The lowest BCUT2D eigenvalue weighted by atomic mass is 9.89. The van der Waals surface area contributed by atoms with E-state index in [0.29, 0.717) is 5.92 Å². The molecule has 1 aliphatic heterocycles. The summed E-state index contributed by atoms with van der Waals surface area (Å²) in [5.41, 5.74) is 4.37. The Morgan fingerprint density at radius 3 is 2.75 bits per heavy atom. The SMILES string of the molecule is Cc1cccc(-c2nn(O)cc2C2CCNCC2)c1.Cl. The summed E-state index contributed by atoms with van der Waals surface area (Å²) in [4.78, 5) is 0.953. The topological polar surface area (TPSA) is 50.1 Å².